The zero-order valence-corrected chi connectivity index (χ0v) is 16.4. The molecular formula is C22H20N4O4. The fraction of sp³-hybridized carbons (Fsp3) is 0.0909. The Hall–Kier alpha value is -4.20. The maximum Gasteiger partial charge on any atom is 0.293 e. The van der Waals surface area contributed by atoms with Crippen LogP contribution in [0.3, 0.4) is 0 Å². The van der Waals surface area contributed by atoms with Crippen LogP contribution in [0.25, 0.3) is 0 Å². The lowest BCUT2D eigenvalue weighted by molar-refractivity contribution is -0.384. The molecule has 0 heterocycles. The minimum absolute atomic E-state index is 0.152. The first-order chi connectivity index (χ1) is 14.4. The molecule has 0 fully saturated rings. The van der Waals surface area contributed by atoms with Crippen LogP contribution in [0.5, 0.6) is 0 Å². The van der Waals surface area contributed by atoms with Gasteiger partial charge in [0, 0.05) is 35.6 Å². The molecule has 3 aromatic rings. The molecule has 3 N–H and O–H groups in total. The van der Waals surface area contributed by atoms with E-state index in [1.165, 1.54) is 18.2 Å². The van der Waals surface area contributed by atoms with Gasteiger partial charge in [-0.25, -0.2) is 0 Å². The van der Waals surface area contributed by atoms with Crippen molar-refractivity contribution in [1.29, 1.82) is 0 Å². The average molecular weight is 404 g/mol. The van der Waals surface area contributed by atoms with Gasteiger partial charge in [-0.3, -0.25) is 19.7 Å². The van der Waals surface area contributed by atoms with Gasteiger partial charge >= 0.3 is 0 Å². The van der Waals surface area contributed by atoms with Gasteiger partial charge in [0.1, 0.15) is 5.69 Å². The summed E-state index contributed by atoms with van der Waals surface area (Å²) in [6, 6.07) is 18.1. The van der Waals surface area contributed by atoms with E-state index in [-0.39, 0.29) is 17.2 Å². The number of hydrogen-bond acceptors (Lipinski definition) is 5. The fourth-order valence-corrected chi connectivity index (χ4v) is 2.86. The van der Waals surface area contributed by atoms with Crippen molar-refractivity contribution in [2.45, 2.75) is 6.92 Å². The van der Waals surface area contributed by atoms with Crippen molar-refractivity contribution < 1.29 is 14.5 Å². The molecule has 0 unspecified atom stereocenters. The number of nitro groups is 1. The Bertz CT molecular complexity index is 1110. The van der Waals surface area contributed by atoms with Crippen molar-refractivity contribution in [3.05, 3.63) is 93.5 Å². The second kappa shape index (κ2) is 8.87. The van der Waals surface area contributed by atoms with E-state index in [4.69, 9.17) is 0 Å². The first-order valence-corrected chi connectivity index (χ1v) is 9.13. The number of benzene rings is 3. The van der Waals surface area contributed by atoms with E-state index in [1.54, 1.807) is 49.5 Å². The predicted molar refractivity (Wildman–Crippen MR) is 116 cm³/mol. The van der Waals surface area contributed by atoms with Crippen molar-refractivity contribution in [3.8, 4) is 0 Å². The number of rotatable bonds is 6. The Balaban J connectivity index is 1.80. The summed E-state index contributed by atoms with van der Waals surface area (Å²) in [5.41, 5.74) is 2.58. The van der Waals surface area contributed by atoms with Crippen LogP contribution in [0.1, 0.15) is 26.3 Å². The van der Waals surface area contributed by atoms with Crippen LogP contribution in [0.2, 0.25) is 0 Å². The molecule has 8 nitrogen and oxygen atoms in total. The van der Waals surface area contributed by atoms with Crippen molar-refractivity contribution in [3.63, 3.8) is 0 Å². The molecule has 0 aliphatic rings. The predicted octanol–water partition coefficient (Wildman–Crippen LogP) is 4.45. The highest BCUT2D eigenvalue weighted by Gasteiger charge is 2.17. The van der Waals surface area contributed by atoms with Gasteiger partial charge in [0.25, 0.3) is 17.5 Å². The minimum Gasteiger partial charge on any atom is -0.383 e. The van der Waals surface area contributed by atoms with E-state index in [0.717, 1.165) is 5.56 Å². The molecule has 0 spiro atoms. The number of nitrogens with one attached hydrogen (secondary N) is 3. The zero-order chi connectivity index (χ0) is 21.7. The van der Waals surface area contributed by atoms with E-state index in [0.29, 0.717) is 22.6 Å². The van der Waals surface area contributed by atoms with E-state index >= 15 is 0 Å². The zero-order valence-electron chi connectivity index (χ0n) is 16.4. The molecule has 8 heteroatoms. The first kappa shape index (κ1) is 20.5. The summed E-state index contributed by atoms with van der Waals surface area (Å²) >= 11 is 0. The Morgan fingerprint density at radius 3 is 2.20 bits per heavy atom. The third-order valence-electron chi connectivity index (χ3n) is 4.51. The molecule has 152 valence electrons. The summed E-state index contributed by atoms with van der Waals surface area (Å²) < 4.78 is 0. The monoisotopic (exact) mass is 404 g/mol. The van der Waals surface area contributed by atoms with Crippen LogP contribution in [-0.4, -0.2) is 23.8 Å². The fourth-order valence-electron chi connectivity index (χ4n) is 2.86. The van der Waals surface area contributed by atoms with Gasteiger partial charge in [-0.2, -0.15) is 0 Å². The topological polar surface area (TPSA) is 113 Å². The Morgan fingerprint density at radius 2 is 1.53 bits per heavy atom. The largest absolute Gasteiger partial charge is 0.383 e. The summed E-state index contributed by atoms with van der Waals surface area (Å²) in [6.07, 6.45) is 0. The molecular weight excluding hydrogens is 384 g/mol. The molecule has 0 atom stereocenters. The highest BCUT2D eigenvalue weighted by atomic mass is 16.6. The van der Waals surface area contributed by atoms with Crippen LogP contribution in [0.15, 0.2) is 66.7 Å². The lowest BCUT2D eigenvalue weighted by atomic mass is 10.1. The number of amides is 2. The van der Waals surface area contributed by atoms with Gasteiger partial charge in [0.2, 0.25) is 0 Å². The summed E-state index contributed by atoms with van der Waals surface area (Å²) in [5.74, 6) is -0.759. The minimum atomic E-state index is -0.548. The van der Waals surface area contributed by atoms with Crippen molar-refractivity contribution >= 4 is 34.6 Å². The molecule has 0 aromatic heterocycles. The molecule has 0 bridgehead atoms. The smallest absolute Gasteiger partial charge is 0.293 e. The number of carbonyl (C=O) groups is 2. The summed E-state index contributed by atoms with van der Waals surface area (Å²) in [4.78, 5) is 35.7. The SMILES string of the molecule is CNc1ccc(C(=O)Nc2cc(NC(=O)c3ccccc3)ccc2C)cc1[N+](=O)[O-]. The van der Waals surface area contributed by atoms with E-state index in [2.05, 4.69) is 16.0 Å². The summed E-state index contributed by atoms with van der Waals surface area (Å²) in [5, 5.41) is 19.5. The third kappa shape index (κ3) is 4.61. The van der Waals surface area contributed by atoms with Crippen LogP contribution in [0, 0.1) is 17.0 Å². The molecule has 3 aromatic carbocycles. The van der Waals surface area contributed by atoms with Crippen LogP contribution < -0.4 is 16.0 Å². The first-order valence-electron chi connectivity index (χ1n) is 9.13. The summed E-state index contributed by atoms with van der Waals surface area (Å²) in [7, 11) is 1.57. The number of anilines is 3. The molecule has 0 aliphatic carbocycles. The average Bonchev–Trinajstić information content (AvgIpc) is 2.76. The van der Waals surface area contributed by atoms with Gasteiger partial charge in [-0.15, -0.1) is 0 Å². The molecule has 0 saturated heterocycles. The van der Waals surface area contributed by atoms with Crippen molar-refractivity contribution in [2.75, 3.05) is 23.0 Å². The second-order valence-electron chi connectivity index (χ2n) is 6.54. The standard InChI is InChI=1S/C22H20N4O4/c1-14-8-10-17(24-21(27)15-6-4-3-5-7-15)13-19(14)25-22(28)16-9-11-18(23-2)20(12-16)26(29)30/h3-13,23H,1-2H3,(H,24,27)(H,25,28). The highest BCUT2D eigenvalue weighted by Crippen LogP contribution is 2.26. The van der Waals surface area contributed by atoms with Crippen LogP contribution >= 0.6 is 0 Å². The van der Waals surface area contributed by atoms with E-state index in [1.807, 2.05) is 13.0 Å². The lowest BCUT2D eigenvalue weighted by Crippen LogP contribution is -2.15. The molecule has 30 heavy (non-hydrogen) atoms. The van der Waals surface area contributed by atoms with Gasteiger partial charge in [0.15, 0.2) is 0 Å². The Labute approximate surface area is 173 Å². The van der Waals surface area contributed by atoms with Gasteiger partial charge in [-0.1, -0.05) is 24.3 Å². The summed E-state index contributed by atoms with van der Waals surface area (Å²) in [6.45, 7) is 1.81. The number of nitro benzene ring substituents is 1. The molecule has 0 aliphatic heterocycles. The van der Waals surface area contributed by atoms with Gasteiger partial charge < -0.3 is 16.0 Å². The van der Waals surface area contributed by atoms with E-state index in [9.17, 15) is 19.7 Å². The van der Waals surface area contributed by atoms with Crippen LogP contribution in [0.4, 0.5) is 22.7 Å². The number of aryl methyl sites for hydroxylation is 1. The lowest BCUT2D eigenvalue weighted by Gasteiger charge is -2.12. The molecule has 0 radical (unpaired) electrons. The third-order valence-corrected chi connectivity index (χ3v) is 4.51. The number of carbonyl (C=O) groups excluding carboxylic acids is 2. The quantitative estimate of drug-likeness (QED) is 0.415. The molecule has 0 saturated carbocycles. The number of hydrogen-bond donors (Lipinski definition) is 3. The van der Waals surface area contributed by atoms with Crippen molar-refractivity contribution in [1.82, 2.24) is 0 Å². The van der Waals surface area contributed by atoms with E-state index < -0.39 is 10.8 Å². The van der Waals surface area contributed by atoms with Crippen molar-refractivity contribution in [2.24, 2.45) is 0 Å². The maximum absolute atomic E-state index is 12.7. The Morgan fingerprint density at radius 1 is 0.833 bits per heavy atom. The highest BCUT2D eigenvalue weighted by molar-refractivity contribution is 6.07. The normalized spacial score (nSPS) is 10.2. The molecule has 3 rings (SSSR count). The van der Waals surface area contributed by atoms with Gasteiger partial charge in [-0.05, 0) is 48.9 Å². The number of nitrogens with zero attached hydrogens (tertiary/aromatic N) is 1. The maximum atomic E-state index is 12.7. The molecule has 2 amide bonds. The Kier molecular flexibility index (Phi) is 6.07. The van der Waals surface area contributed by atoms with Crippen LogP contribution in [-0.2, 0) is 0 Å². The second-order valence-corrected chi connectivity index (χ2v) is 6.54. The van der Waals surface area contributed by atoms with Gasteiger partial charge in [0.05, 0.1) is 4.92 Å².